The molecule has 3 rings (SSSR count). The fraction of sp³-hybridized carbons (Fsp3) is 0.500. The summed E-state index contributed by atoms with van der Waals surface area (Å²) in [6.07, 6.45) is 2.18. The normalized spacial score (nSPS) is 14.8. The number of rotatable bonds is 3. The number of amides is 1. The molecule has 2 aromatic rings. The molecule has 0 bridgehead atoms. The molecule has 2 aromatic heterocycles. The second kappa shape index (κ2) is 4.47. The van der Waals surface area contributed by atoms with Crippen LogP contribution in [0.1, 0.15) is 29.9 Å². The van der Waals surface area contributed by atoms with E-state index in [-0.39, 0.29) is 12.5 Å². The lowest BCUT2D eigenvalue weighted by atomic mass is 10.2. The van der Waals surface area contributed by atoms with E-state index < -0.39 is 0 Å². The summed E-state index contributed by atoms with van der Waals surface area (Å²) in [6, 6.07) is 0.368. The third kappa shape index (κ3) is 2.11. The van der Waals surface area contributed by atoms with Crippen molar-refractivity contribution in [2.75, 3.05) is 5.73 Å². The molecule has 1 aliphatic rings. The van der Waals surface area contributed by atoms with Gasteiger partial charge >= 0.3 is 0 Å². The molecule has 6 heteroatoms. The summed E-state index contributed by atoms with van der Waals surface area (Å²) in [7, 11) is 0. The molecule has 0 spiro atoms. The van der Waals surface area contributed by atoms with Crippen LogP contribution in [0.2, 0.25) is 0 Å². The topological polar surface area (TPSA) is 85.8 Å². The van der Waals surface area contributed by atoms with E-state index in [2.05, 4.69) is 15.3 Å². The first-order valence-corrected chi connectivity index (χ1v) is 6.86. The average Bonchev–Trinajstić information content (AvgIpc) is 3.13. The van der Waals surface area contributed by atoms with Crippen molar-refractivity contribution >= 4 is 22.8 Å². The molecule has 1 saturated carbocycles. The first-order valence-electron chi connectivity index (χ1n) is 6.86. The van der Waals surface area contributed by atoms with Crippen molar-refractivity contribution < 1.29 is 4.79 Å². The first kappa shape index (κ1) is 12.9. The Labute approximate surface area is 117 Å². The summed E-state index contributed by atoms with van der Waals surface area (Å²) in [5.74, 6) is 1.13. The number of hydrogen-bond donors (Lipinski definition) is 2. The van der Waals surface area contributed by atoms with E-state index in [9.17, 15) is 4.79 Å². The molecule has 6 nitrogen and oxygen atoms in total. The highest BCUT2D eigenvalue weighted by Crippen LogP contribution is 2.27. The quantitative estimate of drug-likeness (QED) is 0.880. The smallest absolute Gasteiger partial charge is 0.240 e. The van der Waals surface area contributed by atoms with E-state index in [0.717, 1.165) is 35.1 Å². The monoisotopic (exact) mass is 273 g/mol. The highest BCUT2D eigenvalue weighted by Gasteiger charge is 2.24. The molecule has 1 aliphatic carbocycles. The Hall–Kier alpha value is -2.11. The first-order chi connectivity index (χ1) is 9.47. The lowest BCUT2D eigenvalue weighted by Gasteiger charge is -2.08. The van der Waals surface area contributed by atoms with Gasteiger partial charge in [0.15, 0.2) is 0 Å². The van der Waals surface area contributed by atoms with Gasteiger partial charge in [0.2, 0.25) is 5.91 Å². The lowest BCUT2D eigenvalue weighted by Crippen LogP contribution is -2.29. The van der Waals surface area contributed by atoms with Crippen LogP contribution in [-0.2, 0) is 11.3 Å². The van der Waals surface area contributed by atoms with Crippen LogP contribution < -0.4 is 11.1 Å². The number of carbonyl (C=O) groups excluding carboxylic acids is 1. The van der Waals surface area contributed by atoms with E-state index in [1.807, 2.05) is 25.3 Å². The highest BCUT2D eigenvalue weighted by atomic mass is 16.2. The van der Waals surface area contributed by atoms with Crippen molar-refractivity contribution in [1.29, 1.82) is 0 Å². The van der Waals surface area contributed by atoms with Crippen LogP contribution in [0.4, 0.5) is 5.82 Å². The van der Waals surface area contributed by atoms with Crippen molar-refractivity contribution in [3.63, 3.8) is 0 Å². The predicted octanol–water partition coefficient (Wildman–Crippen LogP) is 1.22. The number of fused-ring (bicyclic) bond motifs is 1. The Morgan fingerprint density at radius 2 is 2.05 bits per heavy atom. The predicted molar refractivity (Wildman–Crippen MR) is 77.3 cm³/mol. The summed E-state index contributed by atoms with van der Waals surface area (Å²) < 4.78 is 1.92. The third-order valence-electron chi connectivity index (χ3n) is 3.85. The molecule has 3 N–H and O–H groups in total. The number of anilines is 1. The Bertz CT molecular complexity index is 699. The Kier molecular flexibility index (Phi) is 2.88. The van der Waals surface area contributed by atoms with Crippen molar-refractivity contribution in [3.05, 3.63) is 17.1 Å². The summed E-state index contributed by atoms with van der Waals surface area (Å²) in [4.78, 5) is 20.7. The van der Waals surface area contributed by atoms with Crippen LogP contribution in [0, 0.1) is 20.8 Å². The second-order valence-corrected chi connectivity index (χ2v) is 5.49. The molecule has 20 heavy (non-hydrogen) atoms. The number of nitrogens with zero attached hydrogens (tertiary/aromatic N) is 3. The van der Waals surface area contributed by atoms with Crippen LogP contribution in [0.3, 0.4) is 0 Å². The summed E-state index contributed by atoms with van der Waals surface area (Å²) >= 11 is 0. The molecule has 0 aliphatic heterocycles. The summed E-state index contributed by atoms with van der Waals surface area (Å²) in [6.45, 7) is 6.06. The number of nitrogens with one attached hydrogen (secondary N) is 1. The van der Waals surface area contributed by atoms with Gasteiger partial charge in [0, 0.05) is 11.7 Å². The minimum atomic E-state index is 0.0299. The number of nitrogens with two attached hydrogens (primary N) is 1. The van der Waals surface area contributed by atoms with Crippen molar-refractivity contribution in [2.24, 2.45) is 0 Å². The lowest BCUT2D eigenvalue weighted by molar-refractivity contribution is -0.121. The number of aromatic nitrogens is 3. The van der Waals surface area contributed by atoms with Crippen LogP contribution in [0.25, 0.3) is 11.0 Å². The van der Waals surface area contributed by atoms with Gasteiger partial charge in [-0.05, 0) is 39.2 Å². The fourth-order valence-corrected chi connectivity index (χ4v) is 2.51. The Morgan fingerprint density at radius 1 is 1.35 bits per heavy atom. The zero-order chi connectivity index (χ0) is 14.4. The van der Waals surface area contributed by atoms with Gasteiger partial charge in [-0.25, -0.2) is 9.97 Å². The van der Waals surface area contributed by atoms with Crippen LogP contribution >= 0.6 is 0 Å². The number of carbonyl (C=O) groups is 1. The molecule has 1 amide bonds. The maximum absolute atomic E-state index is 12.0. The summed E-state index contributed by atoms with van der Waals surface area (Å²) in [5, 5.41) is 3.85. The van der Waals surface area contributed by atoms with E-state index >= 15 is 0 Å². The Morgan fingerprint density at radius 3 is 2.70 bits per heavy atom. The summed E-state index contributed by atoms with van der Waals surface area (Å²) in [5.41, 5.74) is 8.79. The maximum Gasteiger partial charge on any atom is 0.240 e. The molecule has 0 atom stereocenters. The van der Waals surface area contributed by atoms with Gasteiger partial charge in [-0.15, -0.1) is 0 Å². The molecule has 0 unspecified atom stereocenters. The third-order valence-corrected chi connectivity index (χ3v) is 3.85. The van der Waals surface area contributed by atoms with Gasteiger partial charge in [-0.3, -0.25) is 4.79 Å². The zero-order valence-corrected chi connectivity index (χ0v) is 12.0. The van der Waals surface area contributed by atoms with Gasteiger partial charge < -0.3 is 15.6 Å². The van der Waals surface area contributed by atoms with E-state index in [0.29, 0.717) is 17.7 Å². The fourth-order valence-electron chi connectivity index (χ4n) is 2.51. The van der Waals surface area contributed by atoms with Crippen LogP contribution in [0.5, 0.6) is 0 Å². The Balaban J connectivity index is 2.04. The SMILES string of the molecule is Cc1nc(N)c2c(C)c(C)n(CC(=O)NC3CC3)c2n1. The van der Waals surface area contributed by atoms with Gasteiger partial charge in [-0.2, -0.15) is 0 Å². The molecule has 1 fully saturated rings. The minimum absolute atomic E-state index is 0.0299. The standard InChI is InChI=1S/C14H19N5O/c1-7-8(2)19(6-11(20)18-10-4-5-10)14-12(7)13(15)16-9(3)17-14/h10H,4-6H2,1-3H3,(H,18,20)(H2,15,16,17). The van der Waals surface area contributed by atoms with E-state index in [1.54, 1.807) is 0 Å². The largest absolute Gasteiger partial charge is 0.383 e. The minimum Gasteiger partial charge on any atom is -0.383 e. The maximum atomic E-state index is 12.0. The molecule has 0 radical (unpaired) electrons. The van der Waals surface area contributed by atoms with E-state index in [4.69, 9.17) is 5.73 Å². The van der Waals surface area contributed by atoms with E-state index in [1.165, 1.54) is 0 Å². The number of hydrogen-bond acceptors (Lipinski definition) is 4. The van der Waals surface area contributed by atoms with Gasteiger partial charge in [0.25, 0.3) is 0 Å². The van der Waals surface area contributed by atoms with Crippen molar-refractivity contribution in [2.45, 2.75) is 46.2 Å². The molecule has 2 heterocycles. The van der Waals surface area contributed by atoms with Crippen LogP contribution in [-0.4, -0.2) is 26.5 Å². The molecular weight excluding hydrogens is 254 g/mol. The highest BCUT2D eigenvalue weighted by molar-refractivity contribution is 5.92. The molecule has 0 aromatic carbocycles. The van der Waals surface area contributed by atoms with Crippen LogP contribution in [0.15, 0.2) is 0 Å². The van der Waals surface area contributed by atoms with Gasteiger partial charge in [0.1, 0.15) is 23.8 Å². The number of aryl methyl sites for hydroxylation is 2. The average molecular weight is 273 g/mol. The molecule has 0 saturated heterocycles. The van der Waals surface area contributed by atoms with Crippen molar-refractivity contribution in [3.8, 4) is 0 Å². The molecule has 106 valence electrons. The molecular formula is C14H19N5O. The van der Waals surface area contributed by atoms with Gasteiger partial charge in [-0.1, -0.05) is 0 Å². The van der Waals surface area contributed by atoms with Crippen molar-refractivity contribution in [1.82, 2.24) is 19.9 Å². The second-order valence-electron chi connectivity index (χ2n) is 5.49. The zero-order valence-electron chi connectivity index (χ0n) is 12.0. The number of nitrogen functional groups attached to an aromatic ring is 1. The van der Waals surface area contributed by atoms with Gasteiger partial charge in [0.05, 0.1) is 5.39 Å².